The Kier molecular flexibility index (Phi) is 4.55. The summed E-state index contributed by atoms with van der Waals surface area (Å²) in [5, 5.41) is 5.11. The van der Waals surface area contributed by atoms with Crippen molar-refractivity contribution in [2.75, 3.05) is 12.4 Å². The van der Waals surface area contributed by atoms with Crippen LogP contribution in [0.25, 0.3) is 0 Å². The number of anilines is 1. The molecule has 1 aromatic carbocycles. The molecule has 1 N–H and O–H groups in total. The number of rotatable bonds is 4. The molecule has 0 unspecified atom stereocenters. The SMILES string of the molecule is COc1ccc(NCc2cnc(C(C)(C)C)s2)cc1Cl. The van der Waals surface area contributed by atoms with E-state index >= 15 is 0 Å². The van der Waals surface area contributed by atoms with Gasteiger partial charge in [-0.3, -0.25) is 0 Å². The third-order valence-electron chi connectivity index (χ3n) is 2.81. The van der Waals surface area contributed by atoms with Gasteiger partial charge in [0.2, 0.25) is 0 Å². The molecule has 5 heteroatoms. The van der Waals surface area contributed by atoms with Gasteiger partial charge in [-0.05, 0) is 18.2 Å². The first kappa shape index (κ1) is 15.1. The number of hydrogen-bond acceptors (Lipinski definition) is 4. The second kappa shape index (κ2) is 6.02. The van der Waals surface area contributed by atoms with Crippen molar-refractivity contribution in [3.8, 4) is 5.75 Å². The van der Waals surface area contributed by atoms with Crippen LogP contribution in [0.1, 0.15) is 30.7 Å². The van der Waals surface area contributed by atoms with Crippen molar-refractivity contribution in [1.82, 2.24) is 4.98 Å². The number of nitrogens with one attached hydrogen (secondary N) is 1. The number of ether oxygens (including phenoxy) is 1. The Bertz CT molecular complexity index is 590. The average molecular weight is 311 g/mol. The maximum atomic E-state index is 6.10. The zero-order chi connectivity index (χ0) is 14.8. The molecule has 1 heterocycles. The van der Waals surface area contributed by atoms with Gasteiger partial charge in [0.25, 0.3) is 0 Å². The molecule has 0 aliphatic carbocycles. The van der Waals surface area contributed by atoms with E-state index in [4.69, 9.17) is 16.3 Å². The summed E-state index contributed by atoms with van der Waals surface area (Å²) in [6.07, 6.45) is 1.93. The minimum Gasteiger partial charge on any atom is -0.495 e. The Labute approximate surface area is 129 Å². The smallest absolute Gasteiger partial charge is 0.137 e. The first-order chi connectivity index (χ1) is 9.40. The lowest BCUT2D eigenvalue weighted by Crippen LogP contribution is -2.09. The number of benzene rings is 1. The van der Waals surface area contributed by atoms with E-state index in [1.165, 1.54) is 4.88 Å². The Balaban J connectivity index is 2.02. The van der Waals surface area contributed by atoms with Crippen molar-refractivity contribution in [2.24, 2.45) is 0 Å². The molecule has 0 aliphatic heterocycles. The molecule has 2 rings (SSSR count). The molecule has 0 radical (unpaired) electrons. The summed E-state index contributed by atoms with van der Waals surface area (Å²) in [6.45, 7) is 7.27. The molecule has 0 spiro atoms. The molecule has 0 saturated heterocycles. The summed E-state index contributed by atoms with van der Waals surface area (Å²) < 4.78 is 5.14. The van der Waals surface area contributed by atoms with Gasteiger partial charge >= 0.3 is 0 Å². The number of nitrogens with zero attached hydrogens (tertiary/aromatic N) is 1. The number of hydrogen-bond donors (Lipinski definition) is 1. The van der Waals surface area contributed by atoms with Gasteiger partial charge in [-0.1, -0.05) is 32.4 Å². The highest BCUT2D eigenvalue weighted by atomic mass is 35.5. The van der Waals surface area contributed by atoms with Crippen LogP contribution in [0.3, 0.4) is 0 Å². The Hall–Kier alpha value is -1.26. The van der Waals surface area contributed by atoms with Crippen LogP contribution in [0.2, 0.25) is 5.02 Å². The van der Waals surface area contributed by atoms with Crippen LogP contribution in [0.5, 0.6) is 5.75 Å². The lowest BCUT2D eigenvalue weighted by atomic mass is 9.98. The standard InChI is InChI=1S/C15H19ClN2OS/c1-15(2,3)14-18-9-11(20-14)8-17-10-5-6-13(19-4)12(16)7-10/h5-7,9,17H,8H2,1-4H3. The van der Waals surface area contributed by atoms with E-state index in [1.54, 1.807) is 18.4 Å². The largest absolute Gasteiger partial charge is 0.495 e. The topological polar surface area (TPSA) is 34.1 Å². The lowest BCUT2D eigenvalue weighted by Gasteiger charge is -2.13. The molecule has 3 nitrogen and oxygen atoms in total. The molecule has 1 aromatic heterocycles. The molecule has 0 bridgehead atoms. The molecule has 0 fully saturated rings. The van der Waals surface area contributed by atoms with Crippen LogP contribution < -0.4 is 10.1 Å². The van der Waals surface area contributed by atoms with Crippen molar-refractivity contribution < 1.29 is 4.74 Å². The predicted molar refractivity (Wildman–Crippen MR) is 86.1 cm³/mol. The highest BCUT2D eigenvalue weighted by molar-refractivity contribution is 7.11. The molecule has 0 atom stereocenters. The maximum absolute atomic E-state index is 6.10. The van der Waals surface area contributed by atoms with E-state index in [0.717, 1.165) is 17.2 Å². The van der Waals surface area contributed by atoms with E-state index < -0.39 is 0 Å². The van der Waals surface area contributed by atoms with Gasteiger partial charge in [0.05, 0.1) is 23.7 Å². The van der Waals surface area contributed by atoms with E-state index in [1.807, 2.05) is 24.4 Å². The summed E-state index contributed by atoms with van der Waals surface area (Å²) >= 11 is 7.84. The quantitative estimate of drug-likeness (QED) is 0.887. The van der Waals surface area contributed by atoms with E-state index in [2.05, 4.69) is 31.1 Å². The van der Waals surface area contributed by atoms with Gasteiger partial charge in [0.15, 0.2) is 0 Å². The summed E-state index contributed by atoms with van der Waals surface area (Å²) in [4.78, 5) is 5.69. The number of methoxy groups -OCH3 is 1. The Morgan fingerprint density at radius 1 is 1.35 bits per heavy atom. The van der Waals surface area contributed by atoms with Crippen LogP contribution >= 0.6 is 22.9 Å². The second-order valence-corrected chi connectivity index (χ2v) is 7.11. The van der Waals surface area contributed by atoms with Gasteiger partial charge in [-0.25, -0.2) is 4.98 Å². The Morgan fingerprint density at radius 2 is 2.10 bits per heavy atom. The van der Waals surface area contributed by atoms with Crippen LogP contribution in [-0.4, -0.2) is 12.1 Å². The fourth-order valence-electron chi connectivity index (χ4n) is 1.70. The first-order valence-corrected chi connectivity index (χ1v) is 7.62. The number of halogens is 1. The van der Waals surface area contributed by atoms with Gasteiger partial charge < -0.3 is 10.1 Å². The average Bonchev–Trinajstić information content (AvgIpc) is 2.85. The second-order valence-electron chi connectivity index (χ2n) is 5.58. The van der Waals surface area contributed by atoms with E-state index in [-0.39, 0.29) is 5.41 Å². The minimum absolute atomic E-state index is 0.104. The molecular weight excluding hydrogens is 292 g/mol. The normalized spacial score (nSPS) is 11.4. The van der Waals surface area contributed by atoms with Gasteiger partial charge in [-0.2, -0.15) is 0 Å². The van der Waals surface area contributed by atoms with E-state index in [0.29, 0.717) is 10.8 Å². The molecular formula is C15H19ClN2OS. The van der Waals surface area contributed by atoms with Crippen LogP contribution in [0, 0.1) is 0 Å². The van der Waals surface area contributed by atoms with Gasteiger partial charge in [0.1, 0.15) is 5.75 Å². The highest BCUT2D eigenvalue weighted by Crippen LogP contribution is 2.29. The summed E-state index contributed by atoms with van der Waals surface area (Å²) in [5.74, 6) is 0.685. The van der Waals surface area contributed by atoms with Crippen LogP contribution in [0.4, 0.5) is 5.69 Å². The van der Waals surface area contributed by atoms with Crippen LogP contribution in [0.15, 0.2) is 24.4 Å². The van der Waals surface area contributed by atoms with Crippen molar-refractivity contribution in [2.45, 2.75) is 32.7 Å². The van der Waals surface area contributed by atoms with Crippen LogP contribution in [-0.2, 0) is 12.0 Å². The van der Waals surface area contributed by atoms with Crippen molar-refractivity contribution in [1.29, 1.82) is 0 Å². The molecule has 108 valence electrons. The zero-order valence-corrected chi connectivity index (χ0v) is 13.7. The third kappa shape index (κ3) is 3.64. The van der Waals surface area contributed by atoms with Gasteiger partial charge in [0, 0.05) is 22.2 Å². The third-order valence-corrected chi connectivity index (χ3v) is 4.53. The lowest BCUT2D eigenvalue weighted by molar-refractivity contribution is 0.415. The fourth-order valence-corrected chi connectivity index (χ4v) is 2.87. The predicted octanol–water partition coefficient (Wildman–Crippen LogP) is 4.71. The van der Waals surface area contributed by atoms with E-state index in [9.17, 15) is 0 Å². The molecule has 2 aromatic rings. The fraction of sp³-hybridized carbons (Fsp3) is 0.400. The van der Waals surface area contributed by atoms with Crippen molar-refractivity contribution in [3.63, 3.8) is 0 Å². The summed E-state index contributed by atoms with van der Waals surface area (Å²) in [5.41, 5.74) is 1.08. The molecule has 0 aliphatic rings. The molecule has 20 heavy (non-hydrogen) atoms. The van der Waals surface area contributed by atoms with Gasteiger partial charge in [-0.15, -0.1) is 11.3 Å². The number of aromatic nitrogens is 1. The highest BCUT2D eigenvalue weighted by Gasteiger charge is 2.17. The van der Waals surface area contributed by atoms with Crippen molar-refractivity contribution >= 4 is 28.6 Å². The van der Waals surface area contributed by atoms with Crippen molar-refractivity contribution in [3.05, 3.63) is 39.3 Å². The molecule has 0 amide bonds. The zero-order valence-electron chi connectivity index (χ0n) is 12.2. The summed E-state index contributed by atoms with van der Waals surface area (Å²) in [7, 11) is 1.61. The first-order valence-electron chi connectivity index (χ1n) is 6.43. The minimum atomic E-state index is 0.104. The number of thiazole rings is 1. The summed E-state index contributed by atoms with van der Waals surface area (Å²) in [6, 6.07) is 5.68. The monoisotopic (exact) mass is 310 g/mol. The Morgan fingerprint density at radius 3 is 2.65 bits per heavy atom. The molecule has 0 saturated carbocycles. The maximum Gasteiger partial charge on any atom is 0.137 e.